The zero-order valence-corrected chi connectivity index (χ0v) is 34.4. The molecule has 2 atom stereocenters. The monoisotopic (exact) mass is 716 g/mol. The molecule has 0 bridgehead atoms. The molecule has 4 heteroatoms. The Morgan fingerprint density at radius 1 is 0.451 bits per heavy atom. The zero-order valence-electron chi connectivity index (χ0n) is 34.4. The lowest BCUT2D eigenvalue weighted by molar-refractivity contribution is -0.123. The van der Waals surface area contributed by atoms with Crippen molar-refractivity contribution < 1.29 is 15.0 Å². The number of unbranched alkanes of at least 4 members (excludes halogenated alkanes) is 30. The third kappa shape index (κ3) is 39.6. The molecule has 0 aliphatic rings. The van der Waals surface area contributed by atoms with E-state index in [0.717, 1.165) is 38.5 Å². The molecule has 0 radical (unpaired) electrons. The Hall–Kier alpha value is -1.39. The van der Waals surface area contributed by atoms with Crippen LogP contribution in [0.1, 0.15) is 239 Å². The number of carbonyl (C=O) groups is 1. The fourth-order valence-corrected chi connectivity index (χ4v) is 6.86. The normalized spacial score (nSPS) is 13.3. The van der Waals surface area contributed by atoms with Crippen LogP contribution in [0.2, 0.25) is 0 Å². The second kappa shape index (κ2) is 43.0. The fourth-order valence-electron chi connectivity index (χ4n) is 6.86. The number of aliphatic hydroxyl groups excluding tert-OH is 2. The SMILES string of the molecule is CCCCCCCCCCCCCCCCC/C=C/CC/C=C/CC/C=C/C(O)C(CO)NC(=O)CCCCCCCCCCCCCCCC. The van der Waals surface area contributed by atoms with Gasteiger partial charge in [-0.2, -0.15) is 0 Å². The van der Waals surface area contributed by atoms with Crippen molar-refractivity contribution in [2.45, 2.75) is 251 Å². The van der Waals surface area contributed by atoms with Crippen molar-refractivity contribution >= 4 is 5.91 Å². The minimum absolute atomic E-state index is 0.0766. The highest BCUT2D eigenvalue weighted by Gasteiger charge is 2.17. The first-order valence-electron chi connectivity index (χ1n) is 22.7. The van der Waals surface area contributed by atoms with Crippen molar-refractivity contribution in [2.75, 3.05) is 6.61 Å². The summed E-state index contributed by atoms with van der Waals surface area (Å²) >= 11 is 0. The Morgan fingerprint density at radius 3 is 1.14 bits per heavy atom. The molecule has 0 heterocycles. The second-order valence-electron chi connectivity index (χ2n) is 15.5. The summed E-state index contributed by atoms with van der Waals surface area (Å²) in [5.74, 6) is -0.0766. The molecule has 0 saturated carbocycles. The third-order valence-electron chi connectivity index (χ3n) is 10.4. The van der Waals surface area contributed by atoms with Crippen LogP contribution in [0.5, 0.6) is 0 Å². The van der Waals surface area contributed by atoms with E-state index in [1.54, 1.807) is 6.08 Å². The summed E-state index contributed by atoms with van der Waals surface area (Å²) in [4.78, 5) is 12.4. The summed E-state index contributed by atoms with van der Waals surface area (Å²) < 4.78 is 0. The maximum Gasteiger partial charge on any atom is 0.220 e. The van der Waals surface area contributed by atoms with E-state index < -0.39 is 12.1 Å². The Labute approximate surface area is 319 Å². The molecule has 0 fully saturated rings. The van der Waals surface area contributed by atoms with Crippen LogP contribution in [0.3, 0.4) is 0 Å². The third-order valence-corrected chi connectivity index (χ3v) is 10.4. The summed E-state index contributed by atoms with van der Waals surface area (Å²) in [6.07, 6.45) is 56.9. The molecule has 0 rings (SSSR count). The molecule has 0 aromatic heterocycles. The summed E-state index contributed by atoms with van der Waals surface area (Å²) in [6.45, 7) is 4.30. The molecule has 0 aliphatic heterocycles. The van der Waals surface area contributed by atoms with Crippen molar-refractivity contribution in [3.63, 3.8) is 0 Å². The van der Waals surface area contributed by atoms with Gasteiger partial charge in [-0.05, 0) is 44.9 Å². The van der Waals surface area contributed by atoms with Crippen molar-refractivity contribution in [3.8, 4) is 0 Å². The number of allylic oxidation sites excluding steroid dienone is 5. The van der Waals surface area contributed by atoms with E-state index in [-0.39, 0.29) is 12.5 Å². The molecule has 3 N–H and O–H groups in total. The van der Waals surface area contributed by atoms with E-state index in [4.69, 9.17) is 0 Å². The highest BCUT2D eigenvalue weighted by molar-refractivity contribution is 5.76. The number of aliphatic hydroxyl groups is 2. The lowest BCUT2D eigenvalue weighted by Crippen LogP contribution is -2.45. The molecular weight excluding hydrogens is 627 g/mol. The van der Waals surface area contributed by atoms with Crippen LogP contribution >= 0.6 is 0 Å². The van der Waals surface area contributed by atoms with E-state index >= 15 is 0 Å². The topological polar surface area (TPSA) is 69.6 Å². The van der Waals surface area contributed by atoms with Gasteiger partial charge in [0.05, 0.1) is 18.8 Å². The van der Waals surface area contributed by atoms with E-state index in [0.29, 0.717) is 6.42 Å². The van der Waals surface area contributed by atoms with Crippen molar-refractivity contribution in [1.82, 2.24) is 5.32 Å². The van der Waals surface area contributed by atoms with Crippen molar-refractivity contribution in [2.24, 2.45) is 0 Å². The Morgan fingerprint density at radius 2 is 0.765 bits per heavy atom. The maximum atomic E-state index is 12.4. The summed E-state index contributed by atoms with van der Waals surface area (Å²) in [6, 6.07) is -0.642. The molecule has 0 aromatic carbocycles. The average Bonchev–Trinajstić information content (AvgIpc) is 3.13. The summed E-state index contributed by atoms with van der Waals surface area (Å²) in [5.41, 5.74) is 0. The lowest BCUT2D eigenvalue weighted by Gasteiger charge is -2.19. The minimum atomic E-state index is -0.867. The Balaban J connectivity index is 3.60. The number of nitrogens with one attached hydrogen (secondary N) is 1. The molecular formula is C47H89NO3. The predicted octanol–water partition coefficient (Wildman–Crippen LogP) is 14.2. The van der Waals surface area contributed by atoms with Crippen molar-refractivity contribution in [1.29, 1.82) is 0 Å². The zero-order chi connectivity index (χ0) is 37.1. The van der Waals surface area contributed by atoms with Gasteiger partial charge in [0.15, 0.2) is 0 Å². The van der Waals surface area contributed by atoms with Gasteiger partial charge in [0.2, 0.25) is 5.91 Å². The maximum absolute atomic E-state index is 12.4. The highest BCUT2D eigenvalue weighted by Crippen LogP contribution is 2.15. The second-order valence-corrected chi connectivity index (χ2v) is 15.5. The van der Waals surface area contributed by atoms with Crippen LogP contribution in [-0.2, 0) is 4.79 Å². The highest BCUT2D eigenvalue weighted by atomic mass is 16.3. The quantitative estimate of drug-likeness (QED) is 0.0436. The van der Waals surface area contributed by atoms with Crippen LogP contribution in [0.25, 0.3) is 0 Å². The fraction of sp³-hybridized carbons (Fsp3) is 0.851. The average molecular weight is 716 g/mol. The van der Waals surface area contributed by atoms with Crippen LogP contribution < -0.4 is 5.32 Å². The first kappa shape index (κ1) is 49.6. The van der Waals surface area contributed by atoms with Gasteiger partial charge in [0.1, 0.15) is 0 Å². The summed E-state index contributed by atoms with van der Waals surface area (Å²) in [7, 11) is 0. The van der Waals surface area contributed by atoms with Gasteiger partial charge in [-0.1, -0.05) is 224 Å². The first-order chi connectivity index (χ1) is 25.2. The molecule has 1 amide bonds. The van der Waals surface area contributed by atoms with Gasteiger partial charge in [0, 0.05) is 6.42 Å². The molecule has 0 aromatic rings. The first-order valence-corrected chi connectivity index (χ1v) is 22.7. The van der Waals surface area contributed by atoms with E-state index in [1.807, 2.05) is 6.08 Å². The van der Waals surface area contributed by atoms with Crippen LogP contribution in [0.15, 0.2) is 36.5 Å². The van der Waals surface area contributed by atoms with Crippen LogP contribution in [0.4, 0.5) is 0 Å². The van der Waals surface area contributed by atoms with Crippen molar-refractivity contribution in [3.05, 3.63) is 36.5 Å². The number of rotatable bonds is 41. The van der Waals surface area contributed by atoms with E-state index in [2.05, 4.69) is 43.5 Å². The molecule has 300 valence electrons. The van der Waals surface area contributed by atoms with Gasteiger partial charge < -0.3 is 15.5 Å². The van der Waals surface area contributed by atoms with Crippen LogP contribution in [0, 0.1) is 0 Å². The smallest absolute Gasteiger partial charge is 0.220 e. The van der Waals surface area contributed by atoms with Gasteiger partial charge >= 0.3 is 0 Å². The summed E-state index contributed by atoms with van der Waals surface area (Å²) in [5, 5.41) is 23.0. The molecule has 2 unspecified atom stereocenters. The predicted molar refractivity (Wildman–Crippen MR) is 225 cm³/mol. The molecule has 0 aliphatic carbocycles. The van der Waals surface area contributed by atoms with E-state index in [9.17, 15) is 15.0 Å². The Bertz CT molecular complexity index is 775. The van der Waals surface area contributed by atoms with Gasteiger partial charge in [-0.25, -0.2) is 0 Å². The molecule has 0 saturated heterocycles. The van der Waals surface area contributed by atoms with E-state index in [1.165, 1.54) is 180 Å². The largest absolute Gasteiger partial charge is 0.394 e. The van der Waals surface area contributed by atoms with Gasteiger partial charge in [-0.3, -0.25) is 4.79 Å². The number of carbonyl (C=O) groups excluding carboxylic acids is 1. The standard InChI is InChI=1S/C47H89NO3/c1-3-5-7-9-11-13-15-17-19-20-21-22-23-24-25-26-27-28-29-30-32-34-36-38-40-42-46(50)45(44-49)48-47(51)43-41-39-37-35-33-31-18-16-14-12-10-8-6-4-2/h27-28,32,34,40,42,45-46,49-50H,3-26,29-31,33,35-39,41,43-44H2,1-2H3,(H,48,51)/b28-27+,34-32+,42-40+. The van der Waals surface area contributed by atoms with Gasteiger partial charge in [-0.15, -0.1) is 0 Å². The van der Waals surface area contributed by atoms with Gasteiger partial charge in [0.25, 0.3) is 0 Å². The Kier molecular flexibility index (Phi) is 41.8. The lowest BCUT2D eigenvalue weighted by atomic mass is 10.0. The number of hydrogen-bond donors (Lipinski definition) is 3. The van der Waals surface area contributed by atoms with Crippen LogP contribution in [-0.4, -0.2) is 34.9 Å². The number of hydrogen-bond acceptors (Lipinski definition) is 3. The number of amides is 1. The molecule has 51 heavy (non-hydrogen) atoms. The molecule has 0 spiro atoms. The molecule has 4 nitrogen and oxygen atoms in total. The minimum Gasteiger partial charge on any atom is -0.394 e.